The van der Waals surface area contributed by atoms with E-state index in [2.05, 4.69) is 10.1 Å². The SMILES string of the molecule is CC(C)Oc1cccc(C(C)NC(=O)c2ccccc2OC(F)F)c1. The van der Waals surface area contributed by atoms with Crippen LogP contribution in [0.2, 0.25) is 0 Å². The first-order valence-corrected chi connectivity index (χ1v) is 7.98. The Morgan fingerprint density at radius 1 is 1.00 bits per heavy atom. The Balaban J connectivity index is 2.13. The molecule has 2 aromatic rings. The average molecular weight is 349 g/mol. The van der Waals surface area contributed by atoms with Crippen molar-refractivity contribution in [1.29, 1.82) is 0 Å². The lowest BCUT2D eigenvalue weighted by Gasteiger charge is -2.17. The van der Waals surface area contributed by atoms with Crippen LogP contribution in [0.5, 0.6) is 11.5 Å². The fraction of sp³-hybridized carbons (Fsp3) is 0.316. The average Bonchev–Trinajstić information content (AvgIpc) is 2.54. The van der Waals surface area contributed by atoms with Crippen molar-refractivity contribution in [2.24, 2.45) is 0 Å². The minimum atomic E-state index is -2.99. The van der Waals surface area contributed by atoms with Crippen molar-refractivity contribution < 1.29 is 23.0 Å². The van der Waals surface area contributed by atoms with Crippen LogP contribution in [-0.4, -0.2) is 18.6 Å². The second-order valence-corrected chi connectivity index (χ2v) is 5.81. The third kappa shape index (κ3) is 5.45. The maximum absolute atomic E-state index is 12.5. The summed E-state index contributed by atoms with van der Waals surface area (Å²) in [5, 5.41) is 2.79. The van der Waals surface area contributed by atoms with Crippen molar-refractivity contribution in [2.75, 3.05) is 0 Å². The zero-order valence-electron chi connectivity index (χ0n) is 14.3. The summed E-state index contributed by atoms with van der Waals surface area (Å²) in [6, 6.07) is 12.9. The van der Waals surface area contributed by atoms with Crippen LogP contribution in [0.15, 0.2) is 48.5 Å². The lowest BCUT2D eigenvalue weighted by molar-refractivity contribution is -0.0501. The van der Waals surface area contributed by atoms with Crippen LogP contribution in [0.3, 0.4) is 0 Å². The second-order valence-electron chi connectivity index (χ2n) is 5.81. The van der Waals surface area contributed by atoms with E-state index in [1.165, 1.54) is 18.2 Å². The molecule has 0 aromatic heterocycles. The van der Waals surface area contributed by atoms with Crippen molar-refractivity contribution in [1.82, 2.24) is 5.32 Å². The highest BCUT2D eigenvalue weighted by Gasteiger charge is 2.18. The number of carbonyl (C=O) groups is 1. The van der Waals surface area contributed by atoms with Gasteiger partial charge in [-0.1, -0.05) is 24.3 Å². The van der Waals surface area contributed by atoms with Crippen molar-refractivity contribution in [2.45, 2.75) is 39.5 Å². The van der Waals surface area contributed by atoms with E-state index in [0.717, 1.165) is 5.56 Å². The van der Waals surface area contributed by atoms with Gasteiger partial charge in [0.05, 0.1) is 17.7 Å². The third-order valence-corrected chi connectivity index (χ3v) is 3.43. The first-order valence-electron chi connectivity index (χ1n) is 7.98. The standard InChI is InChI=1S/C19H21F2NO3/c1-12(2)24-15-8-6-7-14(11-15)13(3)22-18(23)16-9-4-5-10-17(16)25-19(20)21/h4-13,19H,1-3H3,(H,22,23). The molecule has 1 N–H and O–H groups in total. The largest absolute Gasteiger partial charge is 0.491 e. The molecule has 6 heteroatoms. The normalized spacial score (nSPS) is 12.1. The fourth-order valence-corrected chi connectivity index (χ4v) is 2.34. The van der Waals surface area contributed by atoms with Gasteiger partial charge >= 0.3 is 6.61 Å². The van der Waals surface area contributed by atoms with E-state index in [1.807, 2.05) is 45.0 Å². The van der Waals surface area contributed by atoms with Gasteiger partial charge in [0.1, 0.15) is 11.5 Å². The summed E-state index contributed by atoms with van der Waals surface area (Å²) in [6.07, 6.45) is 0.0403. The predicted molar refractivity (Wildman–Crippen MR) is 91.2 cm³/mol. The molecule has 0 radical (unpaired) electrons. The Labute approximate surface area is 145 Å². The van der Waals surface area contributed by atoms with Gasteiger partial charge in [-0.2, -0.15) is 8.78 Å². The van der Waals surface area contributed by atoms with E-state index in [-0.39, 0.29) is 23.5 Å². The molecule has 25 heavy (non-hydrogen) atoms. The maximum Gasteiger partial charge on any atom is 0.387 e. The van der Waals surface area contributed by atoms with E-state index >= 15 is 0 Å². The molecule has 0 aliphatic rings. The number of carbonyl (C=O) groups excluding carboxylic acids is 1. The zero-order valence-corrected chi connectivity index (χ0v) is 14.3. The number of hydrogen-bond donors (Lipinski definition) is 1. The molecule has 0 bridgehead atoms. The monoisotopic (exact) mass is 349 g/mol. The van der Waals surface area contributed by atoms with Gasteiger partial charge in [0.25, 0.3) is 5.91 Å². The molecule has 2 aromatic carbocycles. The van der Waals surface area contributed by atoms with Crippen LogP contribution in [0.1, 0.15) is 42.7 Å². The summed E-state index contributed by atoms with van der Waals surface area (Å²) in [7, 11) is 0. The van der Waals surface area contributed by atoms with E-state index in [4.69, 9.17) is 4.74 Å². The maximum atomic E-state index is 12.5. The molecule has 0 spiro atoms. The predicted octanol–water partition coefficient (Wildman–Crippen LogP) is 4.57. The number of halogens is 2. The van der Waals surface area contributed by atoms with Gasteiger partial charge in [-0.15, -0.1) is 0 Å². The number of nitrogens with one attached hydrogen (secondary N) is 1. The Kier molecular flexibility index (Phi) is 6.33. The molecule has 0 saturated heterocycles. The molecule has 0 saturated carbocycles. The molecule has 0 heterocycles. The van der Waals surface area contributed by atoms with Gasteiger partial charge in [0.2, 0.25) is 0 Å². The molecule has 1 unspecified atom stereocenters. The van der Waals surface area contributed by atoms with Crippen LogP contribution in [0.4, 0.5) is 8.78 Å². The van der Waals surface area contributed by atoms with Crippen LogP contribution in [0, 0.1) is 0 Å². The zero-order chi connectivity index (χ0) is 18.4. The molecule has 0 aliphatic heterocycles. The van der Waals surface area contributed by atoms with Crippen LogP contribution in [0.25, 0.3) is 0 Å². The van der Waals surface area contributed by atoms with Crippen LogP contribution in [-0.2, 0) is 0 Å². The Morgan fingerprint density at radius 2 is 1.72 bits per heavy atom. The van der Waals surface area contributed by atoms with Crippen molar-refractivity contribution in [3.63, 3.8) is 0 Å². The molecule has 2 rings (SSSR count). The van der Waals surface area contributed by atoms with Gasteiger partial charge in [-0.05, 0) is 50.6 Å². The Morgan fingerprint density at radius 3 is 2.40 bits per heavy atom. The lowest BCUT2D eigenvalue weighted by atomic mass is 10.1. The highest BCUT2D eigenvalue weighted by molar-refractivity contribution is 5.97. The molecule has 0 fully saturated rings. The number of amides is 1. The highest BCUT2D eigenvalue weighted by Crippen LogP contribution is 2.23. The topological polar surface area (TPSA) is 47.6 Å². The molecular formula is C19H21F2NO3. The minimum absolute atomic E-state index is 0.0403. The van der Waals surface area contributed by atoms with Gasteiger partial charge < -0.3 is 14.8 Å². The number of alkyl halides is 2. The van der Waals surface area contributed by atoms with Gasteiger partial charge in [-0.25, -0.2) is 0 Å². The van der Waals surface area contributed by atoms with E-state index in [9.17, 15) is 13.6 Å². The van der Waals surface area contributed by atoms with Crippen molar-refractivity contribution >= 4 is 5.91 Å². The number of ether oxygens (including phenoxy) is 2. The minimum Gasteiger partial charge on any atom is -0.491 e. The summed E-state index contributed by atoms with van der Waals surface area (Å²) in [4.78, 5) is 12.4. The second kappa shape index (κ2) is 8.46. The van der Waals surface area contributed by atoms with Gasteiger partial charge in [0.15, 0.2) is 0 Å². The van der Waals surface area contributed by atoms with E-state index in [0.29, 0.717) is 5.75 Å². The Bertz CT molecular complexity index is 719. The number of rotatable bonds is 7. The van der Waals surface area contributed by atoms with Gasteiger partial charge in [-0.3, -0.25) is 4.79 Å². The molecule has 1 amide bonds. The summed E-state index contributed by atoms with van der Waals surface area (Å²) < 4.78 is 35.0. The lowest BCUT2D eigenvalue weighted by Crippen LogP contribution is -2.27. The van der Waals surface area contributed by atoms with E-state index < -0.39 is 12.5 Å². The number of benzene rings is 2. The summed E-state index contributed by atoms with van der Waals surface area (Å²) in [5.74, 6) is 0.0630. The molecule has 1 atom stereocenters. The summed E-state index contributed by atoms with van der Waals surface area (Å²) in [6.45, 7) is 2.68. The first-order chi connectivity index (χ1) is 11.9. The number of para-hydroxylation sites is 1. The van der Waals surface area contributed by atoms with E-state index in [1.54, 1.807) is 6.07 Å². The molecule has 134 valence electrons. The summed E-state index contributed by atoms with van der Waals surface area (Å²) in [5.41, 5.74) is 0.906. The Hall–Kier alpha value is -2.63. The molecular weight excluding hydrogens is 328 g/mol. The molecule has 4 nitrogen and oxygen atoms in total. The summed E-state index contributed by atoms with van der Waals surface area (Å²) >= 11 is 0. The smallest absolute Gasteiger partial charge is 0.387 e. The molecule has 0 aliphatic carbocycles. The fourth-order valence-electron chi connectivity index (χ4n) is 2.34. The van der Waals surface area contributed by atoms with Crippen LogP contribution < -0.4 is 14.8 Å². The van der Waals surface area contributed by atoms with Crippen LogP contribution >= 0.6 is 0 Å². The first kappa shape index (κ1) is 18.7. The van der Waals surface area contributed by atoms with Gasteiger partial charge in [0, 0.05) is 0 Å². The highest BCUT2D eigenvalue weighted by atomic mass is 19.3. The quantitative estimate of drug-likeness (QED) is 0.797. The third-order valence-electron chi connectivity index (χ3n) is 3.43. The van der Waals surface area contributed by atoms with Crippen molar-refractivity contribution in [3.8, 4) is 11.5 Å². The van der Waals surface area contributed by atoms with Crippen molar-refractivity contribution in [3.05, 3.63) is 59.7 Å². The number of hydrogen-bond acceptors (Lipinski definition) is 3.